The molecule has 0 aromatic heterocycles. The van der Waals surface area contributed by atoms with Crippen LogP contribution in [-0.2, 0) is 14.8 Å². The summed E-state index contributed by atoms with van der Waals surface area (Å²) in [6.07, 6.45) is 1.29. The van der Waals surface area contributed by atoms with Crippen molar-refractivity contribution in [3.05, 3.63) is 17.7 Å². The zero-order chi connectivity index (χ0) is 19.5. The Morgan fingerprint density at radius 1 is 1.08 bits per heavy atom. The molecule has 1 fully saturated rings. The summed E-state index contributed by atoms with van der Waals surface area (Å²) in [5.74, 6) is 0.861. The predicted octanol–water partition coefficient (Wildman–Crippen LogP) is 1.74. The molecule has 0 radical (unpaired) electrons. The fourth-order valence-electron chi connectivity index (χ4n) is 3.50. The summed E-state index contributed by atoms with van der Waals surface area (Å²) in [4.78, 5) is 2.21. The summed E-state index contributed by atoms with van der Waals surface area (Å²) in [6.45, 7) is 3.43. The maximum absolute atomic E-state index is 13.2. The molecule has 26 heavy (non-hydrogen) atoms. The molecule has 1 aromatic carbocycles. The van der Waals surface area contributed by atoms with Crippen LogP contribution in [0.1, 0.15) is 18.4 Å². The van der Waals surface area contributed by atoms with Crippen molar-refractivity contribution in [2.24, 2.45) is 0 Å². The zero-order valence-corrected chi connectivity index (χ0v) is 17.4. The van der Waals surface area contributed by atoms with Gasteiger partial charge in [0, 0.05) is 32.8 Å². The Balaban J connectivity index is 2.30. The molecule has 0 unspecified atom stereocenters. The minimum atomic E-state index is -3.68. The quantitative estimate of drug-likeness (QED) is 0.711. The number of hydrogen-bond donors (Lipinski definition) is 0. The first-order valence-corrected chi connectivity index (χ1v) is 10.1. The molecule has 2 rings (SSSR count). The molecule has 0 N–H and O–H groups in total. The van der Waals surface area contributed by atoms with E-state index in [9.17, 15) is 8.42 Å². The molecule has 1 aliphatic heterocycles. The lowest BCUT2D eigenvalue weighted by atomic mass is 9.91. The van der Waals surface area contributed by atoms with E-state index in [2.05, 4.69) is 4.90 Å². The van der Waals surface area contributed by atoms with Gasteiger partial charge in [0.2, 0.25) is 10.0 Å². The van der Waals surface area contributed by atoms with Crippen molar-refractivity contribution in [2.75, 3.05) is 55.1 Å². The Hall–Kier alpha value is -1.35. The number of hydrogen-bond acceptors (Lipinski definition) is 6. The molecule has 1 saturated heterocycles. The third-order valence-electron chi connectivity index (χ3n) is 4.97. The lowest BCUT2D eigenvalue weighted by molar-refractivity contribution is -0.0597. The van der Waals surface area contributed by atoms with E-state index < -0.39 is 10.0 Å². The maximum Gasteiger partial charge on any atom is 0.246 e. The van der Waals surface area contributed by atoms with Crippen LogP contribution in [0.2, 0.25) is 0 Å². The topological polar surface area (TPSA) is 68.3 Å². The van der Waals surface area contributed by atoms with E-state index in [-0.39, 0.29) is 10.5 Å². The van der Waals surface area contributed by atoms with Crippen molar-refractivity contribution in [1.82, 2.24) is 9.21 Å². The third kappa shape index (κ3) is 4.14. The van der Waals surface area contributed by atoms with Crippen molar-refractivity contribution < 1.29 is 22.6 Å². The van der Waals surface area contributed by atoms with Crippen molar-refractivity contribution >= 4 is 10.0 Å². The molecule has 0 saturated carbocycles. The van der Waals surface area contributed by atoms with Gasteiger partial charge in [-0.15, -0.1) is 0 Å². The van der Waals surface area contributed by atoms with Crippen molar-refractivity contribution in [3.63, 3.8) is 0 Å². The Morgan fingerprint density at radius 2 is 1.65 bits per heavy atom. The Labute approximate surface area is 156 Å². The molecule has 0 amide bonds. The first-order chi connectivity index (χ1) is 12.2. The largest absolute Gasteiger partial charge is 0.496 e. The van der Waals surface area contributed by atoms with Gasteiger partial charge in [0.05, 0.1) is 19.8 Å². The normalized spacial score (nSPS) is 18.1. The van der Waals surface area contributed by atoms with Crippen LogP contribution < -0.4 is 9.47 Å². The Kier molecular flexibility index (Phi) is 6.55. The SMILES string of the molecule is COc1cc(S(=O)(=O)N2CCC(CN(C)C)(OC)CC2)c(OC)cc1C. The monoisotopic (exact) mass is 386 g/mol. The molecular formula is C18H30N2O5S. The highest BCUT2D eigenvalue weighted by atomic mass is 32.2. The highest BCUT2D eigenvalue weighted by Crippen LogP contribution is 2.36. The second kappa shape index (κ2) is 8.12. The highest BCUT2D eigenvalue weighted by Gasteiger charge is 2.40. The van der Waals surface area contributed by atoms with E-state index in [4.69, 9.17) is 14.2 Å². The number of piperidine rings is 1. The second-order valence-electron chi connectivity index (χ2n) is 7.00. The molecule has 0 spiro atoms. The number of nitrogens with zero attached hydrogens (tertiary/aromatic N) is 2. The van der Waals surface area contributed by atoms with Crippen LogP contribution in [0.15, 0.2) is 17.0 Å². The second-order valence-corrected chi connectivity index (χ2v) is 8.91. The van der Waals surface area contributed by atoms with E-state index >= 15 is 0 Å². The Morgan fingerprint density at radius 3 is 2.12 bits per heavy atom. The van der Waals surface area contributed by atoms with E-state index in [1.165, 1.54) is 18.5 Å². The highest BCUT2D eigenvalue weighted by molar-refractivity contribution is 7.89. The minimum absolute atomic E-state index is 0.139. The number of ether oxygens (including phenoxy) is 3. The van der Waals surface area contributed by atoms with Gasteiger partial charge in [-0.2, -0.15) is 4.31 Å². The Bertz CT molecular complexity index is 725. The average molecular weight is 387 g/mol. The lowest BCUT2D eigenvalue weighted by Crippen LogP contribution is -2.52. The number of rotatable bonds is 7. The molecule has 148 valence electrons. The van der Waals surface area contributed by atoms with Gasteiger partial charge in [0.25, 0.3) is 0 Å². The standard InChI is InChI=1S/C18H30N2O5S/c1-14-11-16(24-5)17(12-15(14)23-4)26(21,22)20-9-7-18(25-6,8-10-20)13-19(2)3/h11-12H,7-10,13H2,1-6H3. The number of aryl methyl sites for hydroxylation is 1. The average Bonchev–Trinajstić information content (AvgIpc) is 2.61. The molecule has 8 heteroatoms. The molecule has 0 bridgehead atoms. The van der Waals surface area contributed by atoms with Gasteiger partial charge in [-0.1, -0.05) is 0 Å². The van der Waals surface area contributed by atoms with Crippen LogP contribution >= 0.6 is 0 Å². The molecule has 1 aromatic rings. The van der Waals surface area contributed by atoms with Gasteiger partial charge < -0.3 is 19.1 Å². The smallest absolute Gasteiger partial charge is 0.246 e. The minimum Gasteiger partial charge on any atom is -0.496 e. The fourth-order valence-corrected chi connectivity index (χ4v) is 5.09. The maximum atomic E-state index is 13.2. The third-order valence-corrected chi connectivity index (χ3v) is 6.89. The first-order valence-electron chi connectivity index (χ1n) is 8.62. The van der Waals surface area contributed by atoms with Crippen LogP contribution in [0.3, 0.4) is 0 Å². The van der Waals surface area contributed by atoms with Crippen molar-refractivity contribution in [1.29, 1.82) is 0 Å². The zero-order valence-electron chi connectivity index (χ0n) is 16.5. The number of sulfonamides is 1. The van der Waals surface area contributed by atoms with Crippen molar-refractivity contribution in [3.8, 4) is 11.5 Å². The summed E-state index contributed by atoms with van der Waals surface area (Å²) in [5.41, 5.74) is 0.510. The fraction of sp³-hybridized carbons (Fsp3) is 0.667. The van der Waals surface area contributed by atoms with Crippen LogP contribution in [-0.4, -0.2) is 78.3 Å². The van der Waals surface area contributed by atoms with E-state index in [1.807, 2.05) is 21.0 Å². The van der Waals surface area contributed by atoms with Gasteiger partial charge in [-0.3, -0.25) is 0 Å². The van der Waals surface area contributed by atoms with Gasteiger partial charge >= 0.3 is 0 Å². The van der Waals surface area contributed by atoms with Crippen LogP contribution in [0.25, 0.3) is 0 Å². The molecule has 0 aliphatic carbocycles. The summed E-state index contributed by atoms with van der Waals surface area (Å²) in [5, 5.41) is 0. The van der Waals surface area contributed by atoms with Gasteiger partial charge in [0.1, 0.15) is 16.4 Å². The first kappa shape index (κ1) is 21.0. The van der Waals surface area contributed by atoms with Gasteiger partial charge in [-0.25, -0.2) is 8.42 Å². The molecular weight excluding hydrogens is 356 g/mol. The molecule has 7 nitrogen and oxygen atoms in total. The predicted molar refractivity (Wildman–Crippen MR) is 101 cm³/mol. The molecule has 0 atom stereocenters. The summed E-state index contributed by atoms with van der Waals surface area (Å²) in [7, 11) is 5.00. The van der Waals surface area contributed by atoms with Crippen molar-refractivity contribution in [2.45, 2.75) is 30.3 Å². The van der Waals surface area contributed by atoms with Gasteiger partial charge in [-0.05, 0) is 45.5 Å². The van der Waals surface area contributed by atoms with E-state index in [0.717, 1.165) is 12.1 Å². The van der Waals surface area contributed by atoms with Crippen LogP contribution in [0, 0.1) is 6.92 Å². The van der Waals surface area contributed by atoms with Crippen LogP contribution in [0.4, 0.5) is 0 Å². The van der Waals surface area contributed by atoms with Gasteiger partial charge in [0.15, 0.2) is 0 Å². The van der Waals surface area contributed by atoms with Crippen LogP contribution in [0.5, 0.6) is 11.5 Å². The summed E-state index contributed by atoms with van der Waals surface area (Å²) in [6, 6.07) is 3.24. The number of methoxy groups -OCH3 is 3. The summed E-state index contributed by atoms with van der Waals surface area (Å²) >= 11 is 0. The lowest BCUT2D eigenvalue weighted by Gasteiger charge is -2.41. The molecule has 1 heterocycles. The number of likely N-dealkylation sites (N-methyl/N-ethyl adjacent to an activating group) is 1. The molecule has 1 aliphatic rings. The van der Waals surface area contributed by atoms with E-state index in [1.54, 1.807) is 19.2 Å². The summed E-state index contributed by atoms with van der Waals surface area (Å²) < 4.78 is 44.3. The van der Waals surface area contributed by atoms with E-state index in [0.29, 0.717) is 37.4 Å². The number of benzene rings is 1.